The third-order valence-corrected chi connectivity index (χ3v) is 8.57. The van der Waals surface area contributed by atoms with Crippen molar-refractivity contribution in [2.24, 2.45) is 0 Å². The van der Waals surface area contributed by atoms with Crippen molar-refractivity contribution in [1.82, 2.24) is 29.7 Å². The summed E-state index contributed by atoms with van der Waals surface area (Å²) in [7, 11) is 2.07. The van der Waals surface area contributed by atoms with Crippen molar-refractivity contribution in [1.29, 1.82) is 0 Å². The summed E-state index contributed by atoms with van der Waals surface area (Å²) in [5.41, 5.74) is 0.0743. The first-order valence-electron chi connectivity index (χ1n) is 15.0. The normalized spacial score (nSPS) is 19.6. The summed E-state index contributed by atoms with van der Waals surface area (Å²) < 4.78 is 28.3. The van der Waals surface area contributed by atoms with Gasteiger partial charge in [0.2, 0.25) is 0 Å². The SMILES string of the molecule is C[C@H]1CN(C(=O)OC(C)(C)C)CCN1c1nc(OC[C@@H]2CCCN2C)nc2c(F)c(-c3cncc4cccc(Cl)c34)ncc12. The van der Waals surface area contributed by atoms with Gasteiger partial charge >= 0.3 is 12.1 Å². The van der Waals surface area contributed by atoms with Crippen LogP contribution in [0.15, 0.2) is 36.8 Å². The number of hydrogen-bond acceptors (Lipinski definition) is 9. The van der Waals surface area contributed by atoms with E-state index in [0.717, 1.165) is 24.8 Å². The Morgan fingerprint density at radius 2 is 1.95 bits per heavy atom. The zero-order valence-electron chi connectivity index (χ0n) is 25.7. The Bertz CT molecular complexity index is 1710. The number of benzene rings is 1. The summed E-state index contributed by atoms with van der Waals surface area (Å²) in [5, 5.41) is 2.37. The minimum atomic E-state index is -0.608. The number of rotatable bonds is 5. The Labute approximate surface area is 261 Å². The van der Waals surface area contributed by atoms with E-state index in [-0.39, 0.29) is 35.4 Å². The fraction of sp³-hybridized carbons (Fsp3) is 0.469. The lowest BCUT2D eigenvalue weighted by Crippen LogP contribution is -2.55. The Hall–Kier alpha value is -3.83. The van der Waals surface area contributed by atoms with E-state index in [1.165, 1.54) is 0 Å². The molecule has 6 rings (SSSR count). The third-order valence-electron chi connectivity index (χ3n) is 8.26. The highest BCUT2D eigenvalue weighted by Crippen LogP contribution is 2.37. The Morgan fingerprint density at radius 3 is 2.68 bits per heavy atom. The van der Waals surface area contributed by atoms with Gasteiger partial charge in [-0.3, -0.25) is 9.97 Å². The first-order valence-corrected chi connectivity index (χ1v) is 15.3. The van der Waals surface area contributed by atoms with Crippen molar-refractivity contribution in [3.63, 3.8) is 0 Å². The summed E-state index contributed by atoms with van der Waals surface area (Å²) in [4.78, 5) is 37.1. The lowest BCUT2D eigenvalue weighted by molar-refractivity contribution is 0.0218. The summed E-state index contributed by atoms with van der Waals surface area (Å²) in [6.45, 7) is 10.2. The molecule has 1 amide bonds. The average molecular weight is 622 g/mol. The second-order valence-electron chi connectivity index (χ2n) is 12.6. The number of piperazine rings is 1. The van der Waals surface area contributed by atoms with E-state index in [4.69, 9.17) is 26.1 Å². The molecule has 0 unspecified atom stereocenters. The maximum Gasteiger partial charge on any atom is 0.410 e. The van der Waals surface area contributed by atoms with Gasteiger partial charge in [-0.2, -0.15) is 9.97 Å². The van der Waals surface area contributed by atoms with Gasteiger partial charge in [0.05, 0.1) is 5.39 Å². The number of fused-ring (bicyclic) bond motifs is 2. The topological polar surface area (TPSA) is 96.8 Å². The molecule has 2 atom stereocenters. The molecular formula is C32H37ClFN7O3. The van der Waals surface area contributed by atoms with Crippen LogP contribution in [0.1, 0.15) is 40.5 Å². The molecule has 0 spiro atoms. The molecule has 3 aromatic heterocycles. The molecule has 44 heavy (non-hydrogen) atoms. The van der Waals surface area contributed by atoms with Gasteiger partial charge in [0, 0.05) is 71.7 Å². The smallest absolute Gasteiger partial charge is 0.410 e. The van der Waals surface area contributed by atoms with E-state index < -0.39 is 11.4 Å². The number of likely N-dealkylation sites (tertiary alicyclic amines) is 1. The molecule has 5 heterocycles. The number of hydrogen-bond donors (Lipinski definition) is 0. The molecule has 2 aliphatic rings. The molecule has 2 fully saturated rings. The third kappa shape index (κ3) is 5.95. The van der Waals surface area contributed by atoms with E-state index in [1.54, 1.807) is 29.6 Å². The second kappa shape index (κ2) is 11.9. The monoisotopic (exact) mass is 621 g/mol. The van der Waals surface area contributed by atoms with E-state index in [9.17, 15) is 4.79 Å². The molecule has 2 saturated heterocycles. The highest BCUT2D eigenvalue weighted by molar-refractivity contribution is 6.36. The van der Waals surface area contributed by atoms with Gasteiger partial charge in [-0.25, -0.2) is 9.18 Å². The lowest BCUT2D eigenvalue weighted by Gasteiger charge is -2.41. The molecule has 12 heteroatoms. The molecule has 0 saturated carbocycles. The van der Waals surface area contributed by atoms with Gasteiger partial charge in [0.1, 0.15) is 29.2 Å². The molecule has 0 bridgehead atoms. The number of amides is 1. The Balaban J connectivity index is 1.41. The van der Waals surface area contributed by atoms with Gasteiger partial charge in [0.15, 0.2) is 5.82 Å². The van der Waals surface area contributed by atoms with Crippen molar-refractivity contribution in [2.75, 3.05) is 44.7 Å². The van der Waals surface area contributed by atoms with Crippen LogP contribution in [0.25, 0.3) is 32.9 Å². The van der Waals surface area contributed by atoms with Crippen LogP contribution in [-0.2, 0) is 4.74 Å². The minimum Gasteiger partial charge on any atom is -0.462 e. The standard InChI is InChI=1S/C32H37ClFN7O3/c1-19-17-40(31(42)44-32(2,3)4)12-13-41(19)29-23-16-36-27(22-15-35-14-20-8-6-10-24(33)25(20)22)26(34)28(23)37-30(38-29)43-18-21-9-7-11-39(21)5/h6,8,10,14-16,19,21H,7,9,11-13,17-18H2,1-5H3/t19-,21-/m0/s1. The van der Waals surface area contributed by atoms with Crippen LogP contribution in [-0.4, -0.2) is 93.3 Å². The predicted molar refractivity (Wildman–Crippen MR) is 169 cm³/mol. The molecule has 0 radical (unpaired) electrons. The number of halogens is 2. The van der Waals surface area contributed by atoms with Crippen molar-refractivity contribution in [3.05, 3.63) is 47.6 Å². The average Bonchev–Trinajstić information content (AvgIpc) is 3.39. The minimum absolute atomic E-state index is 0.0950. The van der Waals surface area contributed by atoms with Crippen LogP contribution in [0, 0.1) is 5.82 Å². The fourth-order valence-electron chi connectivity index (χ4n) is 5.99. The lowest BCUT2D eigenvalue weighted by atomic mass is 10.0. The number of nitrogens with zero attached hydrogens (tertiary/aromatic N) is 7. The van der Waals surface area contributed by atoms with Crippen LogP contribution in [0.2, 0.25) is 5.02 Å². The maximum atomic E-state index is 16.6. The van der Waals surface area contributed by atoms with Crippen molar-refractivity contribution >= 4 is 45.2 Å². The van der Waals surface area contributed by atoms with E-state index in [0.29, 0.717) is 53.4 Å². The molecule has 4 aromatic rings. The Morgan fingerprint density at radius 1 is 1.14 bits per heavy atom. The molecule has 232 valence electrons. The second-order valence-corrected chi connectivity index (χ2v) is 13.0. The number of pyridine rings is 2. The van der Waals surface area contributed by atoms with Gasteiger partial charge in [-0.15, -0.1) is 0 Å². The molecule has 1 aromatic carbocycles. The zero-order valence-corrected chi connectivity index (χ0v) is 26.4. The van der Waals surface area contributed by atoms with E-state index in [1.807, 2.05) is 39.8 Å². The summed E-state index contributed by atoms with van der Waals surface area (Å²) in [6, 6.07) is 5.65. The summed E-state index contributed by atoms with van der Waals surface area (Å²) >= 11 is 6.56. The van der Waals surface area contributed by atoms with Crippen LogP contribution >= 0.6 is 11.6 Å². The van der Waals surface area contributed by atoms with Crippen LogP contribution in [0.3, 0.4) is 0 Å². The number of carbonyl (C=O) groups is 1. The number of ether oxygens (including phenoxy) is 2. The number of carbonyl (C=O) groups excluding carboxylic acids is 1. The maximum absolute atomic E-state index is 16.6. The van der Waals surface area contributed by atoms with Crippen LogP contribution in [0.4, 0.5) is 15.0 Å². The van der Waals surface area contributed by atoms with Crippen LogP contribution in [0.5, 0.6) is 6.01 Å². The molecule has 0 aliphatic carbocycles. The van der Waals surface area contributed by atoms with Crippen molar-refractivity contribution < 1.29 is 18.7 Å². The summed E-state index contributed by atoms with van der Waals surface area (Å²) in [5.74, 6) is -0.101. The van der Waals surface area contributed by atoms with Crippen molar-refractivity contribution in [2.45, 2.75) is 58.2 Å². The quantitative estimate of drug-likeness (QED) is 0.268. The van der Waals surface area contributed by atoms with Crippen LogP contribution < -0.4 is 9.64 Å². The number of likely N-dealkylation sites (N-methyl/N-ethyl adjacent to an activating group) is 1. The molecule has 2 aliphatic heterocycles. The van der Waals surface area contributed by atoms with Gasteiger partial charge in [-0.1, -0.05) is 23.7 Å². The predicted octanol–water partition coefficient (Wildman–Crippen LogP) is 5.95. The fourth-order valence-corrected chi connectivity index (χ4v) is 6.27. The highest BCUT2D eigenvalue weighted by Gasteiger charge is 2.33. The first kappa shape index (κ1) is 30.2. The van der Waals surface area contributed by atoms with E-state index >= 15 is 4.39 Å². The molecular weight excluding hydrogens is 585 g/mol. The highest BCUT2D eigenvalue weighted by atomic mass is 35.5. The number of aromatic nitrogens is 4. The van der Waals surface area contributed by atoms with E-state index in [2.05, 4.69) is 31.8 Å². The first-order chi connectivity index (χ1) is 21.0. The molecule has 0 N–H and O–H groups in total. The van der Waals surface area contributed by atoms with Crippen molar-refractivity contribution in [3.8, 4) is 17.3 Å². The van der Waals surface area contributed by atoms with Gasteiger partial charge < -0.3 is 24.2 Å². The zero-order chi connectivity index (χ0) is 31.2. The van der Waals surface area contributed by atoms with Gasteiger partial charge in [-0.05, 0) is 60.2 Å². The van der Waals surface area contributed by atoms with Gasteiger partial charge in [0.25, 0.3) is 0 Å². The largest absolute Gasteiger partial charge is 0.462 e. The molecule has 10 nitrogen and oxygen atoms in total. The number of anilines is 1. The summed E-state index contributed by atoms with van der Waals surface area (Å²) in [6.07, 6.45) is 6.60. The Kier molecular flexibility index (Phi) is 8.19.